The molecular formula is C19H29N3O3S. The molecule has 2 N–H and O–H groups in total. The van der Waals surface area contributed by atoms with Gasteiger partial charge >= 0.3 is 0 Å². The maximum Gasteiger partial charge on any atom is 0.244 e. The molecule has 6 nitrogen and oxygen atoms in total. The van der Waals surface area contributed by atoms with E-state index in [1.807, 2.05) is 30.9 Å². The van der Waals surface area contributed by atoms with Crippen molar-refractivity contribution < 1.29 is 14.3 Å². The van der Waals surface area contributed by atoms with Crippen LogP contribution in [0.4, 0.5) is 5.69 Å². The van der Waals surface area contributed by atoms with E-state index in [1.165, 1.54) is 0 Å². The van der Waals surface area contributed by atoms with E-state index in [1.54, 1.807) is 6.07 Å². The molecule has 1 atom stereocenters. The molecule has 0 saturated carbocycles. The van der Waals surface area contributed by atoms with Crippen LogP contribution in [-0.4, -0.2) is 47.3 Å². The van der Waals surface area contributed by atoms with Gasteiger partial charge in [0.15, 0.2) is 5.11 Å². The second-order valence-corrected chi connectivity index (χ2v) is 7.45. The first kappa shape index (κ1) is 20.3. The second kappa shape index (κ2) is 8.58. The summed E-state index contributed by atoms with van der Waals surface area (Å²) in [6.07, 6.45) is 0.907. The van der Waals surface area contributed by atoms with Crippen molar-refractivity contribution in [1.82, 2.24) is 10.2 Å². The van der Waals surface area contributed by atoms with Crippen LogP contribution in [0.25, 0.3) is 0 Å². The molecule has 1 fully saturated rings. The van der Waals surface area contributed by atoms with Crippen LogP contribution in [0.15, 0.2) is 18.2 Å². The lowest BCUT2D eigenvalue weighted by atomic mass is 9.93. The number of benzene rings is 1. The largest absolute Gasteiger partial charge is 0.494 e. The zero-order valence-electron chi connectivity index (χ0n) is 16.2. The Balaban J connectivity index is 2.09. The molecule has 1 heterocycles. The van der Waals surface area contributed by atoms with Crippen LogP contribution in [0.2, 0.25) is 0 Å². The van der Waals surface area contributed by atoms with Crippen molar-refractivity contribution >= 4 is 28.9 Å². The minimum atomic E-state index is -0.143. The Kier molecular flexibility index (Phi) is 6.69. The summed E-state index contributed by atoms with van der Waals surface area (Å²) in [7, 11) is 0. The van der Waals surface area contributed by atoms with Gasteiger partial charge in [0.2, 0.25) is 5.91 Å². The highest BCUT2D eigenvalue weighted by atomic mass is 32.1. The number of ether oxygens (including phenoxy) is 2. The monoisotopic (exact) mass is 379 g/mol. The maximum absolute atomic E-state index is 12.6. The number of nitrogens with zero attached hydrogens (tertiary/aromatic N) is 1. The van der Waals surface area contributed by atoms with Crippen molar-refractivity contribution in [3.63, 3.8) is 0 Å². The number of anilines is 1. The number of thiocarbonyl (C=S) groups is 1. The summed E-state index contributed by atoms with van der Waals surface area (Å²) in [5, 5.41) is 6.83. The minimum Gasteiger partial charge on any atom is -0.494 e. The highest BCUT2D eigenvalue weighted by Crippen LogP contribution is 2.30. The fraction of sp³-hybridized carbons (Fsp3) is 0.579. The van der Waals surface area contributed by atoms with Crippen molar-refractivity contribution in [1.29, 1.82) is 0 Å². The van der Waals surface area contributed by atoms with Gasteiger partial charge in [-0.1, -0.05) is 0 Å². The average Bonchev–Trinajstić information content (AvgIpc) is 2.53. The lowest BCUT2D eigenvalue weighted by Gasteiger charge is -2.44. The van der Waals surface area contributed by atoms with Gasteiger partial charge in [-0.25, -0.2) is 0 Å². The summed E-state index contributed by atoms with van der Waals surface area (Å²) < 4.78 is 11.1. The molecule has 1 saturated heterocycles. The summed E-state index contributed by atoms with van der Waals surface area (Å²) in [5.74, 6) is 1.17. The van der Waals surface area contributed by atoms with Crippen molar-refractivity contribution in [3.05, 3.63) is 18.2 Å². The van der Waals surface area contributed by atoms with E-state index in [-0.39, 0.29) is 24.0 Å². The highest BCUT2D eigenvalue weighted by Gasteiger charge is 2.34. The Morgan fingerprint density at radius 1 is 1.35 bits per heavy atom. The summed E-state index contributed by atoms with van der Waals surface area (Å²) in [5.41, 5.74) is 0.545. The third-order valence-corrected chi connectivity index (χ3v) is 4.53. The lowest BCUT2D eigenvalue weighted by molar-refractivity contribution is -0.117. The molecule has 144 valence electrons. The quantitative estimate of drug-likeness (QED) is 0.710. The number of carbonyl (C=O) groups is 1. The molecule has 0 radical (unpaired) electrons. The first-order chi connectivity index (χ1) is 12.3. The van der Waals surface area contributed by atoms with E-state index in [4.69, 9.17) is 21.7 Å². The number of hydrogen-bond donors (Lipinski definition) is 2. The number of rotatable bonds is 7. The third kappa shape index (κ3) is 5.24. The van der Waals surface area contributed by atoms with Crippen LogP contribution in [0, 0.1) is 0 Å². The van der Waals surface area contributed by atoms with Crippen molar-refractivity contribution in [3.8, 4) is 11.5 Å². The van der Waals surface area contributed by atoms with Crippen LogP contribution in [0.5, 0.6) is 11.5 Å². The van der Waals surface area contributed by atoms with Gasteiger partial charge in [-0.2, -0.15) is 0 Å². The zero-order valence-corrected chi connectivity index (χ0v) is 17.0. The number of carbonyl (C=O) groups excluding carboxylic acids is 1. The molecule has 1 amide bonds. The Hall–Kier alpha value is -2.02. The van der Waals surface area contributed by atoms with Gasteiger partial charge in [0, 0.05) is 17.6 Å². The van der Waals surface area contributed by atoms with Crippen molar-refractivity contribution in [2.24, 2.45) is 0 Å². The fourth-order valence-electron chi connectivity index (χ4n) is 3.18. The van der Waals surface area contributed by atoms with Crippen LogP contribution >= 0.6 is 12.2 Å². The predicted molar refractivity (Wildman–Crippen MR) is 108 cm³/mol. The average molecular weight is 380 g/mol. The third-order valence-electron chi connectivity index (χ3n) is 4.19. The number of hydrogen-bond acceptors (Lipinski definition) is 4. The van der Waals surface area contributed by atoms with Gasteiger partial charge in [-0.05, 0) is 65.4 Å². The Morgan fingerprint density at radius 2 is 2.04 bits per heavy atom. The SMILES string of the molecule is CCOc1ccc(OCC)c(NC(=O)CN2C(=S)NC(C)(C)CC2C)c1. The van der Waals surface area contributed by atoms with E-state index in [2.05, 4.69) is 31.4 Å². The van der Waals surface area contributed by atoms with Gasteiger partial charge < -0.3 is 25.0 Å². The fourth-order valence-corrected chi connectivity index (χ4v) is 3.70. The lowest BCUT2D eigenvalue weighted by Crippen LogP contribution is -2.61. The standard InChI is InChI=1S/C19H29N3O3S/c1-6-24-14-8-9-16(25-7-2)15(10-14)20-17(23)12-22-13(3)11-19(4,5)21-18(22)26/h8-10,13H,6-7,11-12H2,1-5H3,(H,20,23)(H,21,26). The molecule has 1 aromatic rings. The second-order valence-electron chi connectivity index (χ2n) is 7.07. The molecule has 2 rings (SSSR count). The van der Waals surface area contributed by atoms with E-state index < -0.39 is 0 Å². The van der Waals surface area contributed by atoms with E-state index in [0.29, 0.717) is 35.5 Å². The smallest absolute Gasteiger partial charge is 0.244 e. The molecule has 1 aliphatic rings. The minimum absolute atomic E-state index is 0.0581. The van der Waals surface area contributed by atoms with Crippen LogP contribution in [-0.2, 0) is 4.79 Å². The zero-order chi connectivity index (χ0) is 19.3. The Bertz CT molecular complexity index is 663. The highest BCUT2D eigenvalue weighted by molar-refractivity contribution is 7.80. The first-order valence-electron chi connectivity index (χ1n) is 9.04. The van der Waals surface area contributed by atoms with Crippen molar-refractivity contribution in [2.75, 3.05) is 25.1 Å². The summed E-state index contributed by atoms with van der Waals surface area (Å²) in [6.45, 7) is 11.4. The van der Waals surface area contributed by atoms with Crippen molar-refractivity contribution in [2.45, 2.75) is 52.6 Å². The van der Waals surface area contributed by atoms with Gasteiger partial charge in [0.05, 0.1) is 25.4 Å². The Labute approximate surface area is 161 Å². The van der Waals surface area contributed by atoms with Gasteiger partial charge in [-0.15, -0.1) is 0 Å². The van der Waals surface area contributed by atoms with Gasteiger partial charge in [0.25, 0.3) is 0 Å². The molecule has 1 aliphatic heterocycles. The maximum atomic E-state index is 12.6. The molecule has 26 heavy (non-hydrogen) atoms. The molecule has 7 heteroatoms. The van der Waals surface area contributed by atoms with Crippen LogP contribution < -0.4 is 20.1 Å². The summed E-state index contributed by atoms with van der Waals surface area (Å²) >= 11 is 5.45. The summed E-state index contributed by atoms with van der Waals surface area (Å²) in [4.78, 5) is 14.5. The molecule has 0 bridgehead atoms. The summed E-state index contributed by atoms with van der Waals surface area (Å²) in [6, 6.07) is 5.61. The van der Waals surface area contributed by atoms with E-state index >= 15 is 0 Å². The molecule has 1 aromatic carbocycles. The normalized spacial score (nSPS) is 18.9. The van der Waals surface area contributed by atoms with E-state index in [9.17, 15) is 4.79 Å². The first-order valence-corrected chi connectivity index (χ1v) is 9.45. The molecule has 0 spiro atoms. The predicted octanol–water partition coefficient (Wildman–Crippen LogP) is 3.17. The van der Waals surface area contributed by atoms with Gasteiger partial charge in [0.1, 0.15) is 11.5 Å². The Morgan fingerprint density at radius 3 is 2.65 bits per heavy atom. The van der Waals surface area contributed by atoms with Crippen LogP contribution in [0.1, 0.15) is 41.0 Å². The number of nitrogens with one attached hydrogen (secondary N) is 2. The molecule has 1 unspecified atom stereocenters. The van der Waals surface area contributed by atoms with Crippen LogP contribution in [0.3, 0.4) is 0 Å². The topological polar surface area (TPSA) is 62.8 Å². The van der Waals surface area contributed by atoms with Gasteiger partial charge in [-0.3, -0.25) is 4.79 Å². The van der Waals surface area contributed by atoms with E-state index in [0.717, 1.165) is 6.42 Å². The molecule has 0 aromatic heterocycles. The molecular weight excluding hydrogens is 350 g/mol. The molecule has 0 aliphatic carbocycles. The number of amides is 1.